The molecule has 2 aromatic rings. The van der Waals surface area contributed by atoms with Crippen molar-refractivity contribution < 1.29 is 4.74 Å². The number of thioether (sulfide) groups is 1. The molecule has 0 amide bonds. The summed E-state index contributed by atoms with van der Waals surface area (Å²) in [6, 6.07) is 14.5. The van der Waals surface area contributed by atoms with Crippen molar-refractivity contribution in [1.82, 2.24) is 0 Å². The van der Waals surface area contributed by atoms with E-state index in [4.69, 9.17) is 4.74 Å². The second-order valence-corrected chi connectivity index (χ2v) is 6.48. The van der Waals surface area contributed by atoms with Crippen LogP contribution in [0.25, 0.3) is 0 Å². The van der Waals surface area contributed by atoms with E-state index < -0.39 is 0 Å². The first-order chi connectivity index (χ1) is 9.15. The molecule has 0 unspecified atom stereocenters. The molecule has 0 saturated heterocycles. The Kier molecular flexibility index (Phi) is 5.34. The molecule has 0 aromatic heterocycles. The van der Waals surface area contributed by atoms with Crippen LogP contribution in [0, 0.1) is 13.8 Å². The molecule has 0 saturated carbocycles. The van der Waals surface area contributed by atoms with Gasteiger partial charge in [0, 0.05) is 15.1 Å². The fourth-order valence-corrected chi connectivity index (χ4v) is 3.04. The SMILES string of the molecule is Cc1ccc(SCCOc2cccc(Br)c2)c(C)c1. The number of hydrogen-bond acceptors (Lipinski definition) is 2. The average molecular weight is 337 g/mol. The molecule has 3 heteroatoms. The lowest BCUT2D eigenvalue weighted by Crippen LogP contribution is -2.00. The fourth-order valence-electron chi connectivity index (χ4n) is 1.83. The molecule has 0 N–H and O–H groups in total. The average Bonchev–Trinajstić information content (AvgIpc) is 2.37. The van der Waals surface area contributed by atoms with Gasteiger partial charge < -0.3 is 4.74 Å². The van der Waals surface area contributed by atoms with Gasteiger partial charge in [0.2, 0.25) is 0 Å². The van der Waals surface area contributed by atoms with Gasteiger partial charge in [-0.3, -0.25) is 0 Å². The summed E-state index contributed by atoms with van der Waals surface area (Å²) in [6.45, 7) is 5.00. The van der Waals surface area contributed by atoms with Crippen LogP contribution in [-0.2, 0) is 0 Å². The molecule has 0 aliphatic heterocycles. The number of aryl methyl sites for hydroxylation is 2. The summed E-state index contributed by atoms with van der Waals surface area (Å²) in [5.41, 5.74) is 2.65. The Morgan fingerprint density at radius 1 is 1.11 bits per heavy atom. The highest BCUT2D eigenvalue weighted by Gasteiger charge is 2.00. The molecule has 0 spiro atoms. The zero-order valence-corrected chi connectivity index (χ0v) is 13.6. The number of rotatable bonds is 5. The van der Waals surface area contributed by atoms with E-state index in [1.807, 2.05) is 36.0 Å². The summed E-state index contributed by atoms with van der Waals surface area (Å²) in [7, 11) is 0. The maximum atomic E-state index is 5.72. The molecule has 0 aliphatic carbocycles. The Labute approximate surface area is 127 Å². The molecule has 0 bridgehead atoms. The molecule has 0 heterocycles. The molecule has 2 aromatic carbocycles. The number of ether oxygens (including phenoxy) is 1. The van der Waals surface area contributed by atoms with Crippen molar-refractivity contribution in [3.63, 3.8) is 0 Å². The zero-order chi connectivity index (χ0) is 13.7. The van der Waals surface area contributed by atoms with E-state index in [2.05, 4.69) is 48.0 Å². The molecule has 0 fully saturated rings. The summed E-state index contributed by atoms with van der Waals surface area (Å²) in [5.74, 6) is 1.87. The molecule has 1 nitrogen and oxygen atoms in total. The molecule has 0 aliphatic rings. The van der Waals surface area contributed by atoms with Gasteiger partial charge in [-0.1, -0.05) is 39.7 Å². The van der Waals surface area contributed by atoms with Gasteiger partial charge in [0.1, 0.15) is 5.75 Å². The highest BCUT2D eigenvalue weighted by atomic mass is 79.9. The number of hydrogen-bond donors (Lipinski definition) is 0. The molecule has 100 valence electrons. The first-order valence-corrected chi connectivity index (χ1v) is 8.01. The first-order valence-electron chi connectivity index (χ1n) is 6.23. The highest BCUT2D eigenvalue weighted by Crippen LogP contribution is 2.23. The van der Waals surface area contributed by atoms with Crippen molar-refractivity contribution in [2.75, 3.05) is 12.4 Å². The first kappa shape index (κ1) is 14.5. The van der Waals surface area contributed by atoms with Gasteiger partial charge in [-0.15, -0.1) is 11.8 Å². The van der Waals surface area contributed by atoms with Crippen molar-refractivity contribution in [2.24, 2.45) is 0 Å². The van der Waals surface area contributed by atoms with E-state index in [0.717, 1.165) is 16.0 Å². The van der Waals surface area contributed by atoms with Gasteiger partial charge in [0.25, 0.3) is 0 Å². The summed E-state index contributed by atoms with van der Waals surface area (Å²) in [4.78, 5) is 1.34. The quantitative estimate of drug-likeness (QED) is 0.545. The predicted molar refractivity (Wildman–Crippen MR) is 86.3 cm³/mol. The lowest BCUT2D eigenvalue weighted by Gasteiger charge is -2.08. The van der Waals surface area contributed by atoms with Crippen molar-refractivity contribution in [3.8, 4) is 5.75 Å². The van der Waals surface area contributed by atoms with Crippen LogP contribution in [0.2, 0.25) is 0 Å². The topological polar surface area (TPSA) is 9.23 Å². The van der Waals surface area contributed by atoms with Gasteiger partial charge >= 0.3 is 0 Å². The highest BCUT2D eigenvalue weighted by molar-refractivity contribution is 9.10. The third kappa shape index (κ3) is 4.59. The standard InChI is InChI=1S/C16H17BrOS/c1-12-6-7-16(13(2)10-12)19-9-8-18-15-5-3-4-14(17)11-15/h3-7,10-11H,8-9H2,1-2H3. The minimum Gasteiger partial charge on any atom is -0.493 e. The van der Waals surface area contributed by atoms with Crippen molar-refractivity contribution in [2.45, 2.75) is 18.7 Å². The Balaban J connectivity index is 1.81. The maximum absolute atomic E-state index is 5.72. The van der Waals surface area contributed by atoms with E-state index in [1.165, 1.54) is 16.0 Å². The summed E-state index contributed by atoms with van der Waals surface area (Å²) in [5, 5.41) is 0. The number of benzene rings is 2. The van der Waals surface area contributed by atoms with Crippen molar-refractivity contribution in [3.05, 3.63) is 58.1 Å². The number of halogens is 1. The Bertz CT molecular complexity index is 554. The van der Waals surface area contributed by atoms with Crippen molar-refractivity contribution in [1.29, 1.82) is 0 Å². The molecule has 0 radical (unpaired) electrons. The summed E-state index contributed by atoms with van der Waals surface area (Å²) in [6.07, 6.45) is 0. The van der Waals surface area contributed by atoms with E-state index in [9.17, 15) is 0 Å². The van der Waals surface area contributed by atoms with E-state index >= 15 is 0 Å². The van der Waals surface area contributed by atoms with E-state index in [-0.39, 0.29) is 0 Å². The summed E-state index contributed by atoms with van der Waals surface area (Å²) < 4.78 is 6.77. The van der Waals surface area contributed by atoms with Gasteiger partial charge in [-0.25, -0.2) is 0 Å². The predicted octanol–water partition coefficient (Wildman–Crippen LogP) is 5.24. The largest absolute Gasteiger partial charge is 0.493 e. The van der Waals surface area contributed by atoms with Crippen LogP contribution in [0.1, 0.15) is 11.1 Å². The van der Waals surface area contributed by atoms with Gasteiger partial charge in [-0.05, 0) is 43.7 Å². The van der Waals surface area contributed by atoms with Gasteiger partial charge in [-0.2, -0.15) is 0 Å². The minimum atomic E-state index is 0.717. The minimum absolute atomic E-state index is 0.717. The van der Waals surface area contributed by atoms with Crippen LogP contribution < -0.4 is 4.74 Å². The zero-order valence-electron chi connectivity index (χ0n) is 11.2. The van der Waals surface area contributed by atoms with Crippen LogP contribution >= 0.6 is 27.7 Å². The van der Waals surface area contributed by atoms with Crippen LogP contribution in [0.4, 0.5) is 0 Å². The van der Waals surface area contributed by atoms with Gasteiger partial charge in [0.05, 0.1) is 6.61 Å². The van der Waals surface area contributed by atoms with Crippen molar-refractivity contribution >= 4 is 27.7 Å². The maximum Gasteiger partial charge on any atom is 0.120 e. The van der Waals surface area contributed by atoms with Crippen LogP contribution in [-0.4, -0.2) is 12.4 Å². The second kappa shape index (κ2) is 7.01. The Morgan fingerprint density at radius 2 is 1.95 bits per heavy atom. The third-order valence-corrected chi connectivity index (χ3v) is 4.37. The third-order valence-electron chi connectivity index (χ3n) is 2.74. The fraction of sp³-hybridized carbons (Fsp3) is 0.250. The van der Waals surface area contributed by atoms with Crippen LogP contribution in [0.15, 0.2) is 51.8 Å². The van der Waals surface area contributed by atoms with Gasteiger partial charge in [0.15, 0.2) is 0 Å². The monoisotopic (exact) mass is 336 g/mol. The van der Waals surface area contributed by atoms with E-state index in [0.29, 0.717) is 6.61 Å². The van der Waals surface area contributed by atoms with Crippen LogP contribution in [0.3, 0.4) is 0 Å². The van der Waals surface area contributed by atoms with E-state index in [1.54, 1.807) is 0 Å². The second-order valence-electron chi connectivity index (χ2n) is 4.42. The molecular formula is C16H17BrOS. The van der Waals surface area contributed by atoms with Crippen LogP contribution in [0.5, 0.6) is 5.75 Å². The Morgan fingerprint density at radius 3 is 2.68 bits per heavy atom. The normalized spacial score (nSPS) is 10.5. The molecular weight excluding hydrogens is 320 g/mol. The lowest BCUT2D eigenvalue weighted by molar-refractivity contribution is 0.344. The molecule has 19 heavy (non-hydrogen) atoms. The Hall–Kier alpha value is -0.930. The lowest BCUT2D eigenvalue weighted by atomic mass is 10.2. The smallest absolute Gasteiger partial charge is 0.120 e. The summed E-state index contributed by atoms with van der Waals surface area (Å²) >= 11 is 5.28. The molecule has 2 rings (SSSR count). The molecule has 0 atom stereocenters.